The number of pyridine rings is 1. The number of aromatic nitrogens is 1. The van der Waals surface area contributed by atoms with Crippen molar-refractivity contribution in [2.75, 3.05) is 0 Å². The zero-order valence-corrected chi connectivity index (χ0v) is 7.54. The van der Waals surface area contributed by atoms with Crippen molar-refractivity contribution in [3.8, 4) is 0 Å². The SMILES string of the molecule is SC[n+]1cccc2ccccc21. The average molecular weight is 176 g/mol. The number of benzene rings is 1. The second-order valence-corrected chi connectivity index (χ2v) is 2.96. The zero-order chi connectivity index (χ0) is 8.39. The van der Waals surface area contributed by atoms with E-state index >= 15 is 0 Å². The summed E-state index contributed by atoms with van der Waals surface area (Å²) in [6.07, 6.45) is 2.04. The Kier molecular flexibility index (Phi) is 2.00. The number of thiol groups is 1. The molecule has 0 amide bonds. The summed E-state index contributed by atoms with van der Waals surface area (Å²) in [6, 6.07) is 12.4. The van der Waals surface area contributed by atoms with E-state index in [-0.39, 0.29) is 0 Å². The minimum atomic E-state index is 0.724. The largest absolute Gasteiger partial charge is 0.213 e. The summed E-state index contributed by atoms with van der Waals surface area (Å²) < 4.78 is 2.11. The standard InChI is InChI=1S/C10H9NS/c12-8-11-7-3-5-9-4-1-2-6-10(9)11/h1-7H,8H2/p+1. The van der Waals surface area contributed by atoms with Gasteiger partial charge >= 0.3 is 0 Å². The molecule has 1 heterocycles. The summed E-state index contributed by atoms with van der Waals surface area (Å²) in [5, 5.41) is 1.26. The van der Waals surface area contributed by atoms with Crippen LogP contribution in [-0.4, -0.2) is 0 Å². The number of hydrogen-bond acceptors (Lipinski definition) is 1. The van der Waals surface area contributed by atoms with Gasteiger partial charge in [-0.05, 0) is 12.1 Å². The highest BCUT2D eigenvalue weighted by Crippen LogP contribution is 2.07. The van der Waals surface area contributed by atoms with Gasteiger partial charge in [0.1, 0.15) is 0 Å². The fourth-order valence-corrected chi connectivity index (χ4v) is 1.59. The molecule has 12 heavy (non-hydrogen) atoms. The molecule has 60 valence electrons. The van der Waals surface area contributed by atoms with Crippen molar-refractivity contribution in [3.05, 3.63) is 42.6 Å². The molecule has 0 aliphatic rings. The van der Waals surface area contributed by atoms with Crippen LogP contribution in [0.4, 0.5) is 0 Å². The summed E-state index contributed by atoms with van der Waals surface area (Å²) >= 11 is 4.25. The van der Waals surface area contributed by atoms with E-state index in [0.717, 1.165) is 5.88 Å². The van der Waals surface area contributed by atoms with Crippen molar-refractivity contribution in [3.63, 3.8) is 0 Å². The van der Waals surface area contributed by atoms with E-state index in [4.69, 9.17) is 0 Å². The molecule has 0 unspecified atom stereocenters. The first-order valence-electron chi connectivity index (χ1n) is 3.90. The van der Waals surface area contributed by atoms with Crippen molar-refractivity contribution in [2.24, 2.45) is 0 Å². The Morgan fingerprint density at radius 2 is 1.83 bits per heavy atom. The van der Waals surface area contributed by atoms with Crippen LogP contribution in [0.2, 0.25) is 0 Å². The van der Waals surface area contributed by atoms with E-state index in [1.54, 1.807) is 0 Å². The zero-order valence-electron chi connectivity index (χ0n) is 6.64. The van der Waals surface area contributed by atoms with Crippen LogP contribution in [0.15, 0.2) is 42.6 Å². The molecule has 0 spiro atoms. The average Bonchev–Trinajstić information content (AvgIpc) is 2.17. The molecule has 0 saturated heterocycles. The molecule has 2 rings (SSSR count). The molecule has 1 aromatic heterocycles. The van der Waals surface area contributed by atoms with Gasteiger partial charge in [0.05, 0.1) is 0 Å². The van der Waals surface area contributed by atoms with E-state index in [1.165, 1.54) is 10.9 Å². The normalized spacial score (nSPS) is 10.4. The highest BCUT2D eigenvalue weighted by atomic mass is 32.1. The van der Waals surface area contributed by atoms with Crippen LogP contribution < -0.4 is 4.57 Å². The number of rotatable bonds is 1. The number of nitrogens with zero attached hydrogens (tertiary/aromatic N) is 1. The van der Waals surface area contributed by atoms with Gasteiger partial charge < -0.3 is 0 Å². The monoisotopic (exact) mass is 176 g/mol. The fraction of sp³-hybridized carbons (Fsp3) is 0.100. The molecule has 0 N–H and O–H groups in total. The lowest BCUT2D eigenvalue weighted by atomic mass is 10.2. The van der Waals surface area contributed by atoms with Gasteiger partial charge in [-0.3, -0.25) is 0 Å². The van der Waals surface area contributed by atoms with E-state index in [0.29, 0.717) is 0 Å². The first-order valence-corrected chi connectivity index (χ1v) is 4.53. The third kappa shape index (κ3) is 1.18. The van der Waals surface area contributed by atoms with Crippen molar-refractivity contribution < 1.29 is 4.57 Å². The van der Waals surface area contributed by atoms with Gasteiger partial charge in [0, 0.05) is 17.5 Å². The van der Waals surface area contributed by atoms with E-state index in [1.807, 2.05) is 24.4 Å². The molecule has 2 aromatic rings. The molecular formula is C10H10NS+. The van der Waals surface area contributed by atoms with Gasteiger partial charge in [-0.1, -0.05) is 12.1 Å². The molecule has 0 fully saturated rings. The summed E-state index contributed by atoms with van der Waals surface area (Å²) in [5.41, 5.74) is 1.23. The molecule has 1 nitrogen and oxygen atoms in total. The highest BCUT2D eigenvalue weighted by molar-refractivity contribution is 7.78. The van der Waals surface area contributed by atoms with Crippen molar-refractivity contribution in [1.29, 1.82) is 0 Å². The number of hydrogen-bond donors (Lipinski definition) is 1. The quantitative estimate of drug-likeness (QED) is 0.500. The second kappa shape index (κ2) is 3.15. The lowest BCUT2D eigenvalue weighted by molar-refractivity contribution is -0.649. The highest BCUT2D eigenvalue weighted by Gasteiger charge is 2.03. The number of fused-ring (bicyclic) bond motifs is 1. The van der Waals surface area contributed by atoms with Crippen LogP contribution in [0.25, 0.3) is 10.9 Å². The van der Waals surface area contributed by atoms with Gasteiger partial charge in [-0.2, -0.15) is 4.57 Å². The lowest BCUT2D eigenvalue weighted by Gasteiger charge is -1.96. The van der Waals surface area contributed by atoms with Gasteiger partial charge in [-0.25, -0.2) is 0 Å². The fourth-order valence-electron chi connectivity index (χ4n) is 1.34. The maximum absolute atomic E-state index is 4.25. The molecule has 0 aliphatic heterocycles. The third-order valence-electron chi connectivity index (χ3n) is 1.94. The van der Waals surface area contributed by atoms with Crippen LogP contribution in [0.5, 0.6) is 0 Å². The first kappa shape index (κ1) is 7.62. The van der Waals surface area contributed by atoms with Gasteiger partial charge in [0.15, 0.2) is 12.1 Å². The Morgan fingerprint density at radius 3 is 2.67 bits per heavy atom. The van der Waals surface area contributed by atoms with Crippen LogP contribution in [0.3, 0.4) is 0 Å². The Bertz CT molecular complexity index is 392. The Morgan fingerprint density at radius 1 is 1.08 bits per heavy atom. The predicted octanol–water partition coefficient (Wildman–Crippen LogP) is 2.01. The Labute approximate surface area is 77.1 Å². The molecule has 0 saturated carbocycles. The predicted molar refractivity (Wildman–Crippen MR) is 53.1 cm³/mol. The van der Waals surface area contributed by atoms with Gasteiger partial charge in [0.2, 0.25) is 5.52 Å². The first-order chi connectivity index (χ1) is 5.92. The van der Waals surface area contributed by atoms with E-state index in [2.05, 4.69) is 35.4 Å². The van der Waals surface area contributed by atoms with Crippen molar-refractivity contribution in [1.82, 2.24) is 0 Å². The topological polar surface area (TPSA) is 3.88 Å². The molecule has 0 radical (unpaired) electrons. The van der Waals surface area contributed by atoms with Crippen LogP contribution >= 0.6 is 12.6 Å². The minimum absolute atomic E-state index is 0.724. The summed E-state index contributed by atoms with van der Waals surface area (Å²) in [4.78, 5) is 0. The molecule has 1 aromatic carbocycles. The summed E-state index contributed by atoms with van der Waals surface area (Å²) in [6.45, 7) is 0. The molecule has 0 bridgehead atoms. The molecule has 0 atom stereocenters. The van der Waals surface area contributed by atoms with E-state index < -0.39 is 0 Å². The molecule has 0 aliphatic carbocycles. The minimum Gasteiger partial charge on any atom is -0.189 e. The molecule has 2 heteroatoms. The van der Waals surface area contributed by atoms with Crippen LogP contribution in [-0.2, 0) is 5.88 Å². The van der Waals surface area contributed by atoms with Crippen LogP contribution in [0.1, 0.15) is 0 Å². The maximum Gasteiger partial charge on any atom is 0.213 e. The second-order valence-electron chi connectivity index (χ2n) is 2.68. The smallest absolute Gasteiger partial charge is 0.189 e. The van der Waals surface area contributed by atoms with Crippen molar-refractivity contribution >= 4 is 23.5 Å². The Hall–Kier alpha value is -1.02. The van der Waals surface area contributed by atoms with Gasteiger partial charge in [-0.15, -0.1) is 12.6 Å². The summed E-state index contributed by atoms with van der Waals surface area (Å²) in [7, 11) is 0. The number of para-hydroxylation sites is 1. The third-order valence-corrected chi connectivity index (χ3v) is 2.25. The van der Waals surface area contributed by atoms with Gasteiger partial charge in [0.25, 0.3) is 0 Å². The maximum atomic E-state index is 4.25. The molecular weight excluding hydrogens is 166 g/mol. The van der Waals surface area contributed by atoms with E-state index in [9.17, 15) is 0 Å². The summed E-state index contributed by atoms with van der Waals surface area (Å²) in [5.74, 6) is 0.724. The lowest BCUT2D eigenvalue weighted by Crippen LogP contribution is -2.31. The Balaban J connectivity index is 2.79. The van der Waals surface area contributed by atoms with Crippen molar-refractivity contribution in [2.45, 2.75) is 5.88 Å². The van der Waals surface area contributed by atoms with Crippen LogP contribution in [0, 0.1) is 0 Å².